The van der Waals surface area contributed by atoms with Gasteiger partial charge in [-0.2, -0.15) is 0 Å². The molecule has 19 heteroatoms. The summed E-state index contributed by atoms with van der Waals surface area (Å²) in [5.41, 5.74) is 0. The highest BCUT2D eigenvalue weighted by Gasteiger charge is 2.31. The molecule has 0 amide bonds. The Morgan fingerprint density at radius 2 is 0.440 bits per heavy atom. The van der Waals surface area contributed by atoms with Crippen LogP contribution in [0.25, 0.3) is 0 Å². The van der Waals surface area contributed by atoms with Crippen LogP contribution in [0, 0.1) is 11.8 Å². The number of hydrogen-bond donors (Lipinski definition) is 3. The van der Waals surface area contributed by atoms with E-state index in [2.05, 4.69) is 41.5 Å². The second kappa shape index (κ2) is 81.2. The predicted molar refractivity (Wildman–Crippen MR) is 451 cm³/mol. The molecule has 0 aromatic carbocycles. The van der Waals surface area contributed by atoms with Gasteiger partial charge in [0.05, 0.1) is 26.4 Å². The second-order valence-corrected chi connectivity index (χ2v) is 35.7. The number of aliphatic hydroxyl groups excluding tert-OH is 1. The maximum atomic E-state index is 13.2. The topological polar surface area (TPSA) is 237 Å². The highest BCUT2D eigenvalue weighted by molar-refractivity contribution is 7.47. The number of rotatable bonds is 89. The van der Waals surface area contributed by atoms with Gasteiger partial charge in [-0.3, -0.25) is 37.3 Å². The number of carbonyl (C=O) groups is 4. The zero-order valence-corrected chi connectivity index (χ0v) is 73.7. The fourth-order valence-electron chi connectivity index (χ4n) is 14.1. The maximum absolute atomic E-state index is 13.2. The fourth-order valence-corrected chi connectivity index (χ4v) is 15.6. The summed E-state index contributed by atoms with van der Waals surface area (Å²) in [5, 5.41) is 10.7. The van der Waals surface area contributed by atoms with Gasteiger partial charge in [-0.15, -0.1) is 0 Å². The van der Waals surface area contributed by atoms with Crippen molar-refractivity contribution in [2.75, 3.05) is 39.6 Å². The summed E-state index contributed by atoms with van der Waals surface area (Å²) in [7, 11) is -9.93. The molecular formula is C90H176O17P2. The number of esters is 4. The molecule has 17 nitrogen and oxygen atoms in total. The Morgan fingerprint density at radius 3 is 0.651 bits per heavy atom. The van der Waals surface area contributed by atoms with Crippen molar-refractivity contribution in [1.29, 1.82) is 0 Å². The Bertz CT molecular complexity index is 2080. The van der Waals surface area contributed by atoms with Gasteiger partial charge in [-0.1, -0.05) is 433 Å². The number of hydrogen-bond acceptors (Lipinski definition) is 15. The quantitative estimate of drug-likeness (QED) is 0.0222. The third-order valence-electron chi connectivity index (χ3n) is 21.9. The summed E-state index contributed by atoms with van der Waals surface area (Å²) >= 11 is 0. The minimum atomic E-state index is -4.97. The number of aliphatic hydroxyl groups is 1. The Labute approximate surface area is 670 Å². The lowest BCUT2D eigenvalue weighted by atomic mass is 9.99. The van der Waals surface area contributed by atoms with E-state index < -0.39 is 97.5 Å². The number of phosphoric acid groups is 2. The van der Waals surface area contributed by atoms with Crippen molar-refractivity contribution >= 4 is 39.5 Å². The van der Waals surface area contributed by atoms with Crippen LogP contribution in [0.3, 0.4) is 0 Å². The van der Waals surface area contributed by atoms with Gasteiger partial charge in [-0.25, -0.2) is 9.13 Å². The second-order valence-electron chi connectivity index (χ2n) is 32.8. The molecule has 0 fully saturated rings. The average molecular weight is 1590 g/mol. The molecule has 0 radical (unpaired) electrons. The van der Waals surface area contributed by atoms with E-state index in [-0.39, 0.29) is 25.7 Å². The van der Waals surface area contributed by atoms with E-state index in [0.717, 1.165) is 102 Å². The molecule has 0 spiro atoms. The van der Waals surface area contributed by atoms with Crippen molar-refractivity contribution in [2.24, 2.45) is 11.8 Å². The largest absolute Gasteiger partial charge is 0.472 e. The number of carbonyl (C=O) groups excluding carboxylic acids is 4. The first-order valence-electron chi connectivity index (χ1n) is 46.6. The van der Waals surface area contributed by atoms with Crippen molar-refractivity contribution in [3.05, 3.63) is 0 Å². The molecule has 648 valence electrons. The van der Waals surface area contributed by atoms with Crippen molar-refractivity contribution in [2.45, 2.75) is 503 Å². The Balaban J connectivity index is 5.20. The van der Waals surface area contributed by atoms with Crippen LogP contribution in [0.4, 0.5) is 0 Å². The van der Waals surface area contributed by atoms with Crippen LogP contribution < -0.4 is 0 Å². The minimum absolute atomic E-state index is 0.108. The smallest absolute Gasteiger partial charge is 0.462 e. The van der Waals surface area contributed by atoms with Crippen LogP contribution in [0.2, 0.25) is 0 Å². The molecule has 7 atom stereocenters. The molecule has 0 aliphatic heterocycles. The standard InChI is InChI=1S/C90H176O17P2/c1-7-11-13-15-17-19-20-21-22-23-24-25-29-32-38-43-49-55-61-67-73-88(93)101-79-86(107-90(95)74-68-62-56-50-44-39-33-30-27-26-28-31-36-41-47-52-58-64-70-82(5)9-3)81-105-109(98,99)103-77-84(91)76-102-108(96,97)104-80-85(78-100-87(92)72-66-60-54-46-18-16-14-12-8-2)106-89(94)75-69-63-57-51-45-40-35-34-37-42-48-53-59-65-71-83(6)10-4/h82-86,91H,7-81H2,1-6H3,(H,96,97)(H,98,99)/t82?,83?,84-,85+,86+/m0/s1. The van der Waals surface area contributed by atoms with E-state index in [0.29, 0.717) is 25.7 Å². The third-order valence-corrected chi connectivity index (χ3v) is 23.8. The lowest BCUT2D eigenvalue weighted by Crippen LogP contribution is -2.30. The molecule has 4 unspecified atom stereocenters. The van der Waals surface area contributed by atoms with Crippen LogP contribution in [0.15, 0.2) is 0 Å². The van der Waals surface area contributed by atoms with Crippen LogP contribution in [-0.2, 0) is 65.4 Å². The Morgan fingerprint density at radius 1 is 0.257 bits per heavy atom. The molecule has 0 saturated carbocycles. The Hall–Kier alpha value is -1.94. The average Bonchev–Trinajstić information content (AvgIpc) is 0.901. The van der Waals surface area contributed by atoms with E-state index in [1.54, 1.807) is 0 Å². The molecule has 109 heavy (non-hydrogen) atoms. The zero-order chi connectivity index (χ0) is 79.9. The molecule has 0 rings (SSSR count). The molecular weight excluding hydrogens is 1410 g/mol. The lowest BCUT2D eigenvalue weighted by Gasteiger charge is -2.21. The highest BCUT2D eigenvalue weighted by atomic mass is 31.2. The number of unbranched alkanes of at least 4 members (excludes halogenated alkanes) is 57. The first-order valence-corrected chi connectivity index (χ1v) is 49.6. The third kappa shape index (κ3) is 81.0. The van der Waals surface area contributed by atoms with E-state index in [9.17, 15) is 43.2 Å². The molecule has 0 aliphatic rings. The summed E-state index contributed by atoms with van der Waals surface area (Å²) in [6.45, 7) is 9.80. The van der Waals surface area contributed by atoms with Crippen molar-refractivity contribution in [1.82, 2.24) is 0 Å². The summed E-state index contributed by atoms with van der Waals surface area (Å²) < 4.78 is 69.0. The summed E-state index contributed by atoms with van der Waals surface area (Å²) in [5.74, 6) is -0.381. The van der Waals surface area contributed by atoms with E-state index in [4.69, 9.17) is 37.0 Å². The van der Waals surface area contributed by atoms with E-state index in [1.165, 1.54) is 302 Å². The van der Waals surface area contributed by atoms with Crippen molar-refractivity contribution in [3.8, 4) is 0 Å². The minimum Gasteiger partial charge on any atom is -0.462 e. The SMILES string of the molecule is CCCCCCCCCCCCCCCCCCCCCCC(=O)OC[C@H](COP(=O)(O)OC[C@@H](O)COP(=O)(O)OC[C@@H](COC(=O)CCCCCCCCCCC)OC(=O)CCCCCCCCCCCCCCCCC(C)CC)OC(=O)CCCCCCCCCCCCCCCCCCCCC(C)CC. The van der Waals surface area contributed by atoms with E-state index >= 15 is 0 Å². The zero-order valence-electron chi connectivity index (χ0n) is 71.9. The summed E-state index contributed by atoms with van der Waals surface area (Å²) in [6, 6.07) is 0. The van der Waals surface area contributed by atoms with Gasteiger partial charge in [0.15, 0.2) is 12.2 Å². The monoisotopic (exact) mass is 1590 g/mol. The van der Waals surface area contributed by atoms with Crippen LogP contribution >= 0.6 is 15.6 Å². The summed E-state index contributed by atoms with van der Waals surface area (Å²) in [6.07, 6.45) is 75.0. The van der Waals surface area contributed by atoms with Gasteiger partial charge in [0.1, 0.15) is 19.3 Å². The van der Waals surface area contributed by atoms with Gasteiger partial charge in [0.25, 0.3) is 0 Å². The molecule has 0 heterocycles. The molecule has 0 aromatic rings. The molecule has 0 aromatic heterocycles. The maximum Gasteiger partial charge on any atom is 0.472 e. The normalized spacial score (nSPS) is 14.2. The molecule has 0 aliphatic carbocycles. The first-order chi connectivity index (χ1) is 52.9. The Kier molecular flexibility index (Phi) is 79.8. The van der Waals surface area contributed by atoms with Gasteiger partial charge in [-0.05, 0) is 37.5 Å². The first kappa shape index (κ1) is 107. The van der Waals surface area contributed by atoms with Gasteiger partial charge >= 0.3 is 39.5 Å². The number of ether oxygens (including phenoxy) is 4. The number of phosphoric ester groups is 2. The predicted octanol–water partition coefficient (Wildman–Crippen LogP) is 27.8. The molecule has 0 saturated heterocycles. The lowest BCUT2D eigenvalue weighted by molar-refractivity contribution is -0.161. The van der Waals surface area contributed by atoms with Crippen LogP contribution in [-0.4, -0.2) is 96.7 Å². The van der Waals surface area contributed by atoms with Crippen molar-refractivity contribution in [3.63, 3.8) is 0 Å². The molecule has 0 bridgehead atoms. The van der Waals surface area contributed by atoms with Gasteiger partial charge in [0.2, 0.25) is 0 Å². The van der Waals surface area contributed by atoms with Gasteiger partial charge in [0, 0.05) is 25.7 Å². The summed E-state index contributed by atoms with van der Waals surface area (Å²) in [4.78, 5) is 73.3. The van der Waals surface area contributed by atoms with Crippen LogP contribution in [0.1, 0.15) is 485 Å². The highest BCUT2D eigenvalue weighted by Crippen LogP contribution is 2.45. The van der Waals surface area contributed by atoms with Gasteiger partial charge < -0.3 is 33.8 Å². The van der Waals surface area contributed by atoms with Crippen LogP contribution in [0.5, 0.6) is 0 Å². The van der Waals surface area contributed by atoms with Crippen molar-refractivity contribution < 1.29 is 80.2 Å². The molecule has 3 N–H and O–H groups in total. The van der Waals surface area contributed by atoms with E-state index in [1.807, 2.05) is 0 Å². The fraction of sp³-hybridized carbons (Fsp3) is 0.956.